The molecule has 0 saturated heterocycles. The molecule has 4 nitrogen and oxygen atoms in total. The number of fused-ring (bicyclic) bond motifs is 3. The molecule has 1 heterocycles. The standard InChI is InChI=1S/C16H14O4/c1-2-19-15(17)13-9-11-8-7-10-5-3-4-6-12(10)14(11)20-16(13)18/h3-8,13H,2,9H2,1H3. The molecule has 1 aliphatic heterocycles. The predicted molar refractivity (Wildman–Crippen MR) is 73.4 cm³/mol. The average molecular weight is 270 g/mol. The molecule has 1 unspecified atom stereocenters. The second kappa shape index (κ2) is 4.96. The smallest absolute Gasteiger partial charge is 0.326 e. The second-order valence-electron chi connectivity index (χ2n) is 4.70. The minimum Gasteiger partial charge on any atom is -0.465 e. The molecular formula is C16H14O4. The van der Waals surface area contributed by atoms with E-state index in [2.05, 4.69) is 0 Å². The molecule has 1 atom stereocenters. The number of hydrogen-bond donors (Lipinski definition) is 0. The summed E-state index contributed by atoms with van der Waals surface area (Å²) in [7, 11) is 0. The van der Waals surface area contributed by atoms with Crippen molar-refractivity contribution in [2.45, 2.75) is 13.3 Å². The first-order valence-electron chi connectivity index (χ1n) is 6.59. The average Bonchev–Trinajstić information content (AvgIpc) is 2.46. The zero-order valence-electron chi connectivity index (χ0n) is 11.1. The maximum atomic E-state index is 12.0. The van der Waals surface area contributed by atoms with E-state index < -0.39 is 17.9 Å². The van der Waals surface area contributed by atoms with Crippen LogP contribution in [0.5, 0.6) is 5.75 Å². The second-order valence-corrected chi connectivity index (χ2v) is 4.70. The third-order valence-electron chi connectivity index (χ3n) is 3.44. The minimum absolute atomic E-state index is 0.257. The first-order chi connectivity index (χ1) is 9.70. The molecule has 102 valence electrons. The highest BCUT2D eigenvalue weighted by atomic mass is 16.6. The van der Waals surface area contributed by atoms with Crippen LogP contribution in [0.1, 0.15) is 12.5 Å². The molecule has 2 aromatic carbocycles. The molecule has 0 aromatic heterocycles. The highest BCUT2D eigenvalue weighted by Crippen LogP contribution is 2.35. The largest absolute Gasteiger partial charge is 0.465 e. The van der Waals surface area contributed by atoms with Gasteiger partial charge in [-0.1, -0.05) is 36.4 Å². The molecule has 0 aliphatic carbocycles. The number of ether oxygens (including phenoxy) is 2. The van der Waals surface area contributed by atoms with Crippen LogP contribution in [0.15, 0.2) is 36.4 Å². The molecule has 0 saturated carbocycles. The fraction of sp³-hybridized carbons (Fsp3) is 0.250. The van der Waals surface area contributed by atoms with Gasteiger partial charge in [-0.3, -0.25) is 9.59 Å². The monoisotopic (exact) mass is 270 g/mol. The van der Waals surface area contributed by atoms with E-state index in [1.807, 2.05) is 36.4 Å². The van der Waals surface area contributed by atoms with E-state index in [0.717, 1.165) is 16.3 Å². The molecule has 1 aliphatic rings. The van der Waals surface area contributed by atoms with Crippen LogP contribution in [0.3, 0.4) is 0 Å². The summed E-state index contributed by atoms with van der Waals surface area (Å²) in [6.45, 7) is 1.97. The van der Waals surface area contributed by atoms with Gasteiger partial charge in [-0.05, 0) is 17.9 Å². The molecule has 0 bridgehead atoms. The molecule has 0 fully saturated rings. The summed E-state index contributed by atoms with van der Waals surface area (Å²) >= 11 is 0. The number of benzene rings is 2. The highest BCUT2D eigenvalue weighted by molar-refractivity contribution is 6.00. The molecule has 2 aromatic rings. The van der Waals surface area contributed by atoms with Gasteiger partial charge < -0.3 is 9.47 Å². The van der Waals surface area contributed by atoms with Gasteiger partial charge in [0.05, 0.1) is 6.61 Å². The molecule has 0 radical (unpaired) electrons. The summed E-state index contributed by atoms with van der Waals surface area (Å²) < 4.78 is 10.3. The third kappa shape index (κ3) is 2.03. The van der Waals surface area contributed by atoms with E-state index in [1.54, 1.807) is 6.92 Å². The van der Waals surface area contributed by atoms with Crippen LogP contribution < -0.4 is 4.74 Å². The summed E-state index contributed by atoms with van der Waals surface area (Å²) in [5.74, 6) is -1.35. The Labute approximate surface area is 116 Å². The van der Waals surface area contributed by atoms with Crippen molar-refractivity contribution < 1.29 is 19.1 Å². The van der Waals surface area contributed by atoms with E-state index in [9.17, 15) is 9.59 Å². The normalized spacial score (nSPS) is 17.4. The summed E-state index contributed by atoms with van der Waals surface area (Å²) in [4.78, 5) is 23.8. The lowest BCUT2D eigenvalue weighted by Gasteiger charge is -2.23. The van der Waals surface area contributed by atoms with Crippen LogP contribution in [-0.2, 0) is 20.7 Å². The van der Waals surface area contributed by atoms with Gasteiger partial charge in [0.15, 0.2) is 5.92 Å². The van der Waals surface area contributed by atoms with Crippen molar-refractivity contribution in [1.29, 1.82) is 0 Å². The molecule has 0 amide bonds. The summed E-state index contributed by atoms with van der Waals surface area (Å²) in [5, 5.41) is 1.90. The van der Waals surface area contributed by atoms with E-state index in [-0.39, 0.29) is 6.61 Å². The molecule has 3 rings (SSSR count). The number of hydrogen-bond acceptors (Lipinski definition) is 4. The van der Waals surface area contributed by atoms with E-state index >= 15 is 0 Å². The molecule has 20 heavy (non-hydrogen) atoms. The van der Waals surface area contributed by atoms with Crippen molar-refractivity contribution in [2.24, 2.45) is 5.92 Å². The summed E-state index contributed by atoms with van der Waals surface area (Å²) in [6.07, 6.45) is 0.331. The summed E-state index contributed by atoms with van der Waals surface area (Å²) in [6, 6.07) is 11.6. The van der Waals surface area contributed by atoms with Crippen LogP contribution in [0, 0.1) is 5.92 Å². The van der Waals surface area contributed by atoms with Crippen molar-refractivity contribution in [2.75, 3.05) is 6.61 Å². The Morgan fingerprint density at radius 2 is 2.10 bits per heavy atom. The number of esters is 2. The van der Waals surface area contributed by atoms with Gasteiger partial charge in [0.2, 0.25) is 0 Å². The Morgan fingerprint density at radius 3 is 2.90 bits per heavy atom. The van der Waals surface area contributed by atoms with Crippen molar-refractivity contribution >= 4 is 22.7 Å². The highest BCUT2D eigenvalue weighted by Gasteiger charge is 2.35. The topological polar surface area (TPSA) is 52.6 Å². The van der Waals surface area contributed by atoms with Crippen molar-refractivity contribution in [3.63, 3.8) is 0 Å². The SMILES string of the molecule is CCOC(=O)C1Cc2ccc3ccccc3c2OC1=O. The Balaban J connectivity index is 2.02. The zero-order valence-corrected chi connectivity index (χ0v) is 11.1. The zero-order chi connectivity index (χ0) is 14.1. The minimum atomic E-state index is -0.858. The predicted octanol–water partition coefficient (Wildman–Crippen LogP) is 2.48. The van der Waals surface area contributed by atoms with Crippen LogP contribution in [-0.4, -0.2) is 18.5 Å². The molecular weight excluding hydrogens is 256 g/mol. The van der Waals surface area contributed by atoms with E-state index in [1.165, 1.54) is 0 Å². The van der Waals surface area contributed by atoms with Crippen LogP contribution >= 0.6 is 0 Å². The maximum absolute atomic E-state index is 12.0. The van der Waals surface area contributed by atoms with Crippen LogP contribution in [0.4, 0.5) is 0 Å². The number of carbonyl (C=O) groups excluding carboxylic acids is 2. The van der Waals surface area contributed by atoms with Crippen molar-refractivity contribution in [3.05, 3.63) is 42.0 Å². The quantitative estimate of drug-likeness (QED) is 0.478. The van der Waals surface area contributed by atoms with Crippen LogP contribution in [0.2, 0.25) is 0 Å². The van der Waals surface area contributed by atoms with Gasteiger partial charge in [-0.25, -0.2) is 0 Å². The van der Waals surface area contributed by atoms with Crippen LogP contribution in [0.25, 0.3) is 10.8 Å². The van der Waals surface area contributed by atoms with Gasteiger partial charge in [0.25, 0.3) is 0 Å². The summed E-state index contributed by atoms with van der Waals surface area (Å²) in [5.41, 5.74) is 0.862. The fourth-order valence-electron chi connectivity index (χ4n) is 2.47. The first-order valence-corrected chi connectivity index (χ1v) is 6.59. The lowest BCUT2D eigenvalue weighted by atomic mass is 9.93. The number of rotatable bonds is 2. The fourth-order valence-corrected chi connectivity index (χ4v) is 2.47. The van der Waals surface area contributed by atoms with Gasteiger partial charge in [-0.2, -0.15) is 0 Å². The first kappa shape index (κ1) is 12.7. The molecule has 0 spiro atoms. The van der Waals surface area contributed by atoms with E-state index in [4.69, 9.17) is 9.47 Å². The van der Waals surface area contributed by atoms with Crippen molar-refractivity contribution in [3.8, 4) is 5.75 Å². The van der Waals surface area contributed by atoms with Gasteiger partial charge in [-0.15, -0.1) is 0 Å². The Hall–Kier alpha value is -2.36. The van der Waals surface area contributed by atoms with Gasteiger partial charge >= 0.3 is 11.9 Å². The van der Waals surface area contributed by atoms with E-state index in [0.29, 0.717) is 12.2 Å². The Bertz CT molecular complexity index is 690. The van der Waals surface area contributed by atoms with Gasteiger partial charge in [0.1, 0.15) is 5.75 Å². The van der Waals surface area contributed by atoms with Gasteiger partial charge in [0, 0.05) is 11.8 Å². The maximum Gasteiger partial charge on any atom is 0.326 e. The lowest BCUT2D eigenvalue weighted by molar-refractivity contribution is -0.157. The molecule has 0 N–H and O–H groups in total. The molecule has 4 heteroatoms. The lowest BCUT2D eigenvalue weighted by Crippen LogP contribution is -2.35. The van der Waals surface area contributed by atoms with Crippen molar-refractivity contribution in [1.82, 2.24) is 0 Å². The Morgan fingerprint density at radius 1 is 1.30 bits per heavy atom. The Kier molecular flexibility index (Phi) is 3.14. The number of carbonyl (C=O) groups is 2. The third-order valence-corrected chi connectivity index (χ3v) is 3.44.